The van der Waals surface area contributed by atoms with Crippen molar-refractivity contribution in [3.8, 4) is 0 Å². The van der Waals surface area contributed by atoms with Crippen LogP contribution < -0.4 is 0 Å². The number of ether oxygens (including phenoxy) is 1. The third-order valence-corrected chi connectivity index (χ3v) is 7.75. The molecule has 2 aromatic carbocycles. The number of likely N-dealkylation sites (tertiary alicyclic amines) is 1. The predicted molar refractivity (Wildman–Crippen MR) is 122 cm³/mol. The Bertz CT molecular complexity index is 856. The van der Waals surface area contributed by atoms with E-state index in [1.54, 1.807) is 0 Å². The first-order valence-electron chi connectivity index (χ1n) is 10.00. The predicted octanol–water partition coefficient (Wildman–Crippen LogP) is 5.43. The molecule has 5 heteroatoms. The summed E-state index contributed by atoms with van der Waals surface area (Å²) in [5.74, 6) is 0.194. The molecule has 2 heterocycles. The highest BCUT2D eigenvalue weighted by atomic mass is 127. The second-order valence-electron chi connectivity index (χ2n) is 7.76. The van der Waals surface area contributed by atoms with E-state index in [4.69, 9.17) is 4.74 Å². The van der Waals surface area contributed by atoms with Gasteiger partial charge in [0, 0.05) is 35.2 Å². The SMILES string of the molecule is Cc1ccc2c(c1)CC(OCCN1CCCC(C(=O)I)C1)c1ccccc1S2. The van der Waals surface area contributed by atoms with Crippen LogP contribution in [0.5, 0.6) is 0 Å². The van der Waals surface area contributed by atoms with E-state index in [-0.39, 0.29) is 12.0 Å². The second-order valence-corrected chi connectivity index (χ2v) is 9.91. The molecule has 0 amide bonds. The van der Waals surface area contributed by atoms with E-state index in [1.807, 2.05) is 34.4 Å². The fourth-order valence-electron chi connectivity index (χ4n) is 4.15. The molecule has 0 spiro atoms. The van der Waals surface area contributed by atoms with E-state index < -0.39 is 0 Å². The van der Waals surface area contributed by atoms with Crippen molar-refractivity contribution in [2.24, 2.45) is 5.92 Å². The largest absolute Gasteiger partial charge is 0.372 e. The Morgan fingerprint density at radius 3 is 2.96 bits per heavy atom. The highest BCUT2D eigenvalue weighted by molar-refractivity contribution is 14.1. The molecule has 2 aromatic rings. The number of carbonyl (C=O) groups excluding carboxylic acids is 1. The number of hydrogen-bond donors (Lipinski definition) is 0. The molecular weight excluding hydrogens is 481 g/mol. The summed E-state index contributed by atoms with van der Waals surface area (Å²) in [5.41, 5.74) is 3.96. The van der Waals surface area contributed by atoms with Crippen LogP contribution in [0.2, 0.25) is 0 Å². The zero-order chi connectivity index (χ0) is 19.5. The van der Waals surface area contributed by atoms with Crippen LogP contribution in [-0.4, -0.2) is 34.9 Å². The summed E-state index contributed by atoms with van der Waals surface area (Å²) in [6.45, 7) is 5.70. The van der Waals surface area contributed by atoms with E-state index in [0.717, 1.165) is 38.9 Å². The maximum absolute atomic E-state index is 11.7. The number of rotatable bonds is 5. The molecule has 0 aromatic heterocycles. The van der Waals surface area contributed by atoms with Gasteiger partial charge in [0.15, 0.2) is 3.79 Å². The minimum Gasteiger partial charge on any atom is -0.372 e. The number of halogens is 1. The third kappa shape index (κ3) is 4.81. The summed E-state index contributed by atoms with van der Waals surface area (Å²) in [6, 6.07) is 15.4. The van der Waals surface area contributed by atoms with Crippen molar-refractivity contribution >= 4 is 38.1 Å². The molecule has 0 radical (unpaired) electrons. The molecule has 0 bridgehead atoms. The summed E-state index contributed by atoms with van der Waals surface area (Å²) in [7, 11) is 0. The smallest absolute Gasteiger partial charge is 0.196 e. The molecule has 4 rings (SSSR count). The van der Waals surface area contributed by atoms with Crippen molar-refractivity contribution < 1.29 is 9.53 Å². The lowest BCUT2D eigenvalue weighted by Crippen LogP contribution is -2.39. The molecule has 1 fully saturated rings. The number of nitrogens with zero attached hydrogens (tertiary/aromatic N) is 1. The fourth-order valence-corrected chi connectivity index (χ4v) is 5.77. The van der Waals surface area contributed by atoms with Crippen molar-refractivity contribution in [1.82, 2.24) is 4.90 Å². The Kier molecular flexibility index (Phi) is 6.76. The van der Waals surface area contributed by atoms with Crippen molar-refractivity contribution in [3.63, 3.8) is 0 Å². The maximum atomic E-state index is 11.7. The Hall–Kier alpha value is -0.890. The van der Waals surface area contributed by atoms with Crippen LogP contribution in [-0.2, 0) is 16.0 Å². The van der Waals surface area contributed by atoms with Crippen LogP contribution in [0.3, 0.4) is 0 Å². The maximum Gasteiger partial charge on any atom is 0.196 e. The molecule has 2 atom stereocenters. The van der Waals surface area contributed by atoms with Crippen molar-refractivity contribution in [3.05, 3.63) is 59.2 Å². The lowest BCUT2D eigenvalue weighted by Gasteiger charge is -2.31. The molecule has 2 unspecified atom stereocenters. The molecular formula is C23H26INO2S. The molecule has 0 N–H and O–H groups in total. The van der Waals surface area contributed by atoms with Crippen molar-refractivity contribution in [1.29, 1.82) is 0 Å². The topological polar surface area (TPSA) is 29.5 Å². The Morgan fingerprint density at radius 2 is 2.11 bits per heavy atom. The van der Waals surface area contributed by atoms with Crippen LogP contribution in [0.25, 0.3) is 0 Å². The van der Waals surface area contributed by atoms with Gasteiger partial charge in [0.1, 0.15) is 0 Å². The monoisotopic (exact) mass is 507 g/mol. The molecule has 3 nitrogen and oxygen atoms in total. The quantitative estimate of drug-likeness (QED) is 0.399. The Labute approximate surface area is 185 Å². The van der Waals surface area contributed by atoms with Crippen molar-refractivity contribution in [2.75, 3.05) is 26.2 Å². The fraction of sp³-hybridized carbons (Fsp3) is 0.435. The lowest BCUT2D eigenvalue weighted by molar-refractivity contribution is -0.114. The third-order valence-electron chi connectivity index (χ3n) is 5.66. The van der Waals surface area contributed by atoms with Gasteiger partial charge in [-0.25, -0.2) is 0 Å². The summed E-state index contributed by atoms with van der Waals surface area (Å²) in [5, 5.41) is 0. The van der Waals surface area contributed by atoms with Gasteiger partial charge in [-0.3, -0.25) is 4.79 Å². The highest BCUT2D eigenvalue weighted by Crippen LogP contribution is 2.42. The minimum absolute atomic E-state index is 0.0820. The van der Waals surface area contributed by atoms with Crippen LogP contribution in [0.4, 0.5) is 0 Å². The van der Waals surface area contributed by atoms with E-state index in [1.165, 1.54) is 26.5 Å². The zero-order valence-corrected chi connectivity index (χ0v) is 19.2. The van der Waals surface area contributed by atoms with Crippen LogP contribution in [0.1, 0.15) is 35.6 Å². The van der Waals surface area contributed by atoms with Crippen LogP contribution in [0.15, 0.2) is 52.3 Å². The average molecular weight is 507 g/mol. The molecule has 0 saturated carbocycles. The summed E-state index contributed by atoms with van der Waals surface area (Å²) < 4.78 is 6.74. The number of hydrogen-bond acceptors (Lipinski definition) is 4. The lowest BCUT2D eigenvalue weighted by atomic mass is 9.99. The first-order valence-corrected chi connectivity index (χ1v) is 11.9. The van der Waals surface area contributed by atoms with E-state index >= 15 is 0 Å². The van der Waals surface area contributed by atoms with Gasteiger partial charge in [0.2, 0.25) is 0 Å². The minimum atomic E-state index is 0.0820. The Balaban J connectivity index is 1.45. The summed E-state index contributed by atoms with van der Waals surface area (Å²) >= 11 is 3.81. The molecule has 1 saturated heterocycles. The number of fused-ring (bicyclic) bond motifs is 2. The van der Waals surface area contributed by atoms with E-state index in [9.17, 15) is 4.79 Å². The van der Waals surface area contributed by atoms with Gasteiger partial charge in [-0.1, -0.05) is 47.7 Å². The Morgan fingerprint density at radius 1 is 1.25 bits per heavy atom. The van der Waals surface area contributed by atoms with Gasteiger partial charge >= 0.3 is 0 Å². The van der Waals surface area contributed by atoms with Crippen molar-refractivity contribution in [2.45, 2.75) is 42.1 Å². The van der Waals surface area contributed by atoms with Gasteiger partial charge in [-0.15, -0.1) is 0 Å². The highest BCUT2D eigenvalue weighted by Gasteiger charge is 2.26. The van der Waals surface area contributed by atoms with Crippen LogP contribution >= 0.6 is 34.4 Å². The number of piperidine rings is 1. The first kappa shape index (κ1) is 20.4. The van der Waals surface area contributed by atoms with Gasteiger partial charge < -0.3 is 9.64 Å². The molecule has 28 heavy (non-hydrogen) atoms. The normalized spacial score (nSPS) is 22.2. The van der Waals surface area contributed by atoms with Crippen LogP contribution in [0, 0.1) is 12.8 Å². The summed E-state index contributed by atoms with van der Waals surface area (Å²) in [6.07, 6.45) is 3.13. The van der Waals surface area contributed by atoms with E-state index in [0.29, 0.717) is 10.4 Å². The molecule has 2 aliphatic heterocycles. The number of carbonyl (C=O) groups is 1. The average Bonchev–Trinajstić information content (AvgIpc) is 2.84. The standard InChI is InChI=1S/C23H26INO2S/c1-16-8-9-21-18(13-16)14-20(19-6-2-3-7-22(19)28-21)27-12-11-25-10-4-5-17(15-25)23(24)26/h2-3,6-9,13,17,20H,4-5,10-12,14-15H2,1H3. The van der Waals surface area contributed by atoms with Gasteiger partial charge in [0.05, 0.1) is 12.7 Å². The zero-order valence-electron chi connectivity index (χ0n) is 16.2. The van der Waals surface area contributed by atoms with Gasteiger partial charge in [0.25, 0.3) is 0 Å². The molecule has 148 valence electrons. The van der Waals surface area contributed by atoms with Gasteiger partial charge in [-0.05, 0) is 72.2 Å². The van der Waals surface area contributed by atoms with E-state index in [2.05, 4.69) is 54.3 Å². The molecule has 0 aliphatic carbocycles. The molecule has 2 aliphatic rings. The number of benzene rings is 2. The van der Waals surface area contributed by atoms with Gasteiger partial charge in [-0.2, -0.15) is 0 Å². The summed E-state index contributed by atoms with van der Waals surface area (Å²) in [4.78, 5) is 16.7. The second kappa shape index (κ2) is 9.28. The number of aryl methyl sites for hydroxylation is 1. The first-order chi connectivity index (χ1) is 13.6.